The molecule has 0 spiro atoms. The lowest BCUT2D eigenvalue weighted by Gasteiger charge is -2.24. The molecule has 1 amide bonds. The lowest BCUT2D eigenvalue weighted by Crippen LogP contribution is -2.38. The average molecular weight is 252 g/mol. The molecular weight excluding hydrogens is 235 g/mol. The van der Waals surface area contributed by atoms with Gasteiger partial charge < -0.3 is 15.0 Å². The van der Waals surface area contributed by atoms with Gasteiger partial charge in [0.1, 0.15) is 11.6 Å². The molecule has 1 aliphatic heterocycles. The highest BCUT2D eigenvalue weighted by Crippen LogP contribution is 2.22. The number of carbonyl (C=O) groups excluding carboxylic acids is 1. The molecule has 5 heteroatoms. The van der Waals surface area contributed by atoms with Gasteiger partial charge in [0.2, 0.25) is 0 Å². The van der Waals surface area contributed by atoms with E-state index < -0.39 is 5.82 Å². The van der Waals surface area contributed by atoms with Crippen LogP contribution in [0.15, 0.2) is 18.2 Å². The van der Waals surface area contributed by atoms with Crippen molar-refractivity contribution in [3.05, 3.63) is 29.6 Å². The summed E-state index contributed by atoms with van der Waals surface area (Å²) in [5.74, 6) is -0.239. The molecule has 1 heterocycles. The SMILES string of the molecule is COc1ccc(F)cc1C(=O)N(C)[C@H]1CCNC1. The van der Waals surface area contributed by atoms with Crippen LogP contribution in [0.5, 0.6) is 5.75 Å². The number of likely N-dealkylation sites (N-methyl/N-ethyl adjacent to an activating group) is 1. The summed E-state index contributed by atoms with van der Waals surface area (Å²) in [4.78, 5) is 14.0. The maximum Gasteiger partial charge on any atom is 0.257 e. The van der Waals surface area contributed by atoms with Crippen molar-refractivity contribution in [3.63, 3.8) is 0 Å². The standard InChI is InChI=1S/C13H17FN2O2/c1-16(10-5-6-15-8-10)13(17)11-7-9(14)3-4-12(11)18-2/h3-4,7,10,15H,5-6,8H2,1-2H3/t10-/m0/s1. The third-order valence-electron chi connectivity index (χ3n) is 3.29. The van der Waals surface area contributed by atoms with Crippen molar-refractivity contribution in [2.24, 2.45) is 0 Å². The Morgan fingerprint density at radius 3 is 2.94 bits per heavy atom. The maximum atomic E-state index is 13.2. The summed E-state index contributed by atoms with van der Waals surface area (Å²) in [6.07, 6.45) is 0.917. The van der Waals surface area contributed by atoms with Crippen LogP contribution in [0, 0.1) is 5.82 Å². The number of nitrogens with one attached hydrogen (secondary N) is 1. The fourth-order valence-electron chi connectivity index (χ4n) is 2.17. The lowest BCUT2D eigenvalue weighted by molar-refractivity contribution is 0.0740. The number of rotatable bonds is 3. The van der Waals surface area contributed by atoms with Gasteiger partial charge in [-0.3, -0.25) is 4.79 Å². The van der Waals surface area contributed by atoms with Crippen LogP contribution in [0.2, 0.25) is 0 Å². The summed E-state index contributed by atoms with van der Waals surface area (Å²) in [6, 6.07) is 4.14. The van der Waals surface area contributed by atoms with E-state index in [0.29, 0.717) is 5.75 Å². The van der Waals surface area contributed by atoms with Crippen LogP contribution in [0.4, 0.5) is 4.39 Å². The van der Waals surface area contributed by atoms with Crippen molar-refractivity contribution < 1.29 is 13.9 Å². The summed E-state index contributed by atoms with van der Waals surface area (Å²) in [5, 5.41) is 3.20. The molecule has 0 saturated carbocycles. The first kappa shape index (κ1) is 12.8. The van der Waals surface area contributed by atoms with E-state index in [0.717, 1.165) is 19.5 Å². The molecule has 1 aromatic carbocycles. The zero-order valence-corrected chi connectivity index (χ0v) is 10.6. The molecule has 0 bridgehead atoms. The normalized spacial score (nSPS) is 18.7. The second-order valence-electron chi connectivity index (χ2n) is 4.41. The molecule has 0 unspecified atom stereocenters. The van der Waals surface area contributed by atoms with Gasteiger partial charge in [0.15, 0.2) is 0 Å². The first-order chi connectivity index (χ1) is 8.63. The summed E-state index contributed by atoms with van der Waals surface area (Å²) in [6.45, 7) is 1.68. The van der Waals surface area contributed by atoms with Crippen LogP contribution in [0.1, 0.15) is 16.8 Å². The van der Waals surface area contributed by atoms with Crippen LogP contribution in [0.25, 0.3) is 0 Å². The maximum absolute atomic E-state index is 13.2. The third kappa shape index (κ3) is 2.46. The topological polar surface area (TPSA) is 41.6 Å². The number of amides is 1. The second-order valence-corrected chi connectivity index (χ2v) is 4.41. The minimum absolute atomic E-state index is 0.158. The molecule has 18 heavy (non-hydrogen) atoms. The highest BCUT2D eigenvalue weighted by atomic mass is 19.1. The summed E-state index contributed by atoms with van der Waals surface area (Å²) >= 11 is 0. The largest absolute Gasteiger partial charge is 0.496 e. The lowest BCUT2D eigenvalue weighted by atomic mass is 10.1. The molecule has 0 aliphatic carbocycles. The number of ether oxygens (including phenoxy) is 1. The predicted octanol–water partition coefficient (Wildman–Crippen LogP) is 1.27. The Bertz CT molecular complexity index is 445. The number of halogens is 1. The molecule has 98 valence electrons. The number of carbonyl (C=O) groups is 1. The highest BCUT2D eigenvalue weighted by Gasteiger charge is 2.26. The van der Waals surface area contributed by atoms with Gasteiger partial charge in [-0.15, -0.1) is 0 Å². The Kier molecular flexibility index (Phi) is 3.81. The van der Waals surface area contributed by atoms with Crippen LogP contribution in [-0.4, -0.2) is 44.1 Å². The molecule has 1 N–H and O–H groups in total. The van der Waals surface area contributed by atoms with E-state index in [2.05, 4.69) is 5.32 Å². The van der Waals surface area contributed by atoms with E-state index in [-0.39, 0.29) is 17.5 Å². The van der Waals surface area contributed by atoms with E-state index in [9.17, 15) is 9.18 Å². The molecule has 2 rings (SSSR count). The van der Waals surface area contributed by atoms with E-state index in [1.54, 1.807) is 11.9 Å². The first-order valence-corrected chi connectivity index (χ1v) is 5.95. The number of hydrogen-bond acceptors (Lipinski definition) is 3. The van der Waals surface area contributed by atoms with Crippen LogP contribution >= 0.6 is 0 Å². The quantitative estimate of drug-likeness (QED) is 0.880. The Labute approximate surface area is 106 Å². The van der Waals surface area contributed by atoms with Crippen molar-refractivity contribution >= 4 is 5.91 Å². The Balaban J connectivity index is 2.24. The van der Waals surface area contributed by atoms with Crippen molar-refractivity contribution in [3.8, 4) is 5.75 Å². The number of benzene rings is 1. The molecule has 4 nitrogen and oxygen atoms in total. The Morgan fingerprint density at radius 2 is 2.33 bits per heavy atom. The van der Waals surface area contributed by atoms with Gasteiger partial charge in [-0.1, -0.05) is 0 Å². The van der Waals surface area contributed by atoms with Crippen molar-refractivity contribution in [2.45, 2.75) is 12.5 Å². The Hall–Kier alpha value is -1.62. The first-order valence-electron chi connectivity index (χ1n) is 5.95. The van der Waals surface area contributed by atoms with Gasteiger partial charge in [-0.2, -0.15) is 0 Å². The van der Waals surface area contributed by atoms with E-state index in [1.165, 1.54) is 25.3 Å². The molecule has 1 aliphatic rings. The molecule has 0 radical (unpaired) electrons. The van der Waals surface area contributed by atoms with E-state index in [1.807, 2.05) is 0 Å². The number of methoxy groups -OCH3 is 1. The zero-order chi connectivity index (χ0) is 13.1. The van der Waals surface area contributed by atoms with Gasteiger partial charge in [0.25, 0.3) is 5.91 Å². The second kappa shape index (κ2) is 5.35. The number of hydrogen-bond donors (Lipinski definition) is 1. The third-order valence-corrected chi connectivity index (χ3v) is 3.29. The molecule has 1 aromatic rings. The number of nitrogens with zero attached hydrogens (tertiary/aromatic N) is 1. The van der Waals surface area contributed by atoms with Crippen molar-refractivity contribution in [1.82, 2.24) is 10.2 Å². The van der Waals surface area contributed by atoms with Crippen molar-refractivity contribution in [2.75, 3.05) is 27.2 Å². The van der Waals surface area contributed by atoms with Gasteiger partial charge in [0.05, 0.1) is 12.7 Å². The molecule has 1 saturated heterocycles. The van der Waals surface area contributed by atoms with Crippen molar-refractivity contribution in [1.29, 1.82) is 0 Å². The summed E-state index contributed by atoms with van der Waals surface area (Å²) < 4.78 is 18.4. The predicted molar refractivity (Wildman–Crippen MR) is 66.3 cm³/mol. The minimum atomic E-state index is -0.433. The molecule has 0 aromatic heterocycles. The van der Waals surface area contributed by atoms with Crippen LogP contribution in [0.3, 0.4) is 0 Å². The molecular formula is C13H17FN2O2. The minimum Gasteiger partial charge on any atom is -0.496 e. The zero-order valence-electron chi connectivity index (χ0n) is 10.6. The fourth-order valence-corrected chi connectivity index (χ4v) is 2.17. The van der Waals surface area contributed by atoms with E-state index >= 15 is 0 Å². The van der Waals surface area contributed by atoms with Crippen LogP contribution < -0.4 is 10.1 Å². The van der Waals surface area contributed by atoms with Gasteiger partial charge in [-0.25, -0.2) is 4.39 Å². The fraction of sp³-hybridized carbons (Fsp3) is 0.462. The average Bonchev–Trinajstić information content (AvgIpc) is 2.90. The van der Waals surface area contributed by atoms with Gasteiger partial charge in [0, 0.05) is 19.6 Å². The molecule has 1 atom stereocenters. The summed E-state index contributed by atoms with van der Waals surface area (Å²) in [7, 11) is 3.21. The highest BCUT2D eigenvalue weighted by molar-refractivity contribution is 5.97. The van der Waals surface area contributed by atoms with Gasteiger partial charge >= 0.3 is 0 Å². The van der Waals surface area contributed by atoms with Crippen LogP contribution in [-0.2, 0) is 0 Å². The Morgan fingerprint density at radius 1 is 1.56 bits per heavy atom. The summed E-state index contributed by atoms with van der Waals surface area (Å²) in [5.41, 5.74) is 0.270. The molecule has 1 fully saturated rings. The van der Waals surface area contributed by atoms with Gasteiger partial charge in [-0.05, 0) is 31.2 Å². The smallest absolute Gasteiger partial charge is 0.257 e. The monoisotopic (exact) mass is 252 g/mol. The van der Waals surface area contributed by atoms with E-state index in [4.69, 9.17) is 4.74 Å².